The van der Waals surface area contributed by atoms with Crippen LogP contribution in [0.5, 0.6) is 0 Å². The highest BCUT2D eigenvalue weighted by atomic mass is 35.5. The van der Waals surface area contributed by atoms with E-state index >= 15 is 0 Å². The molecule has 0 saturated carbocycles. The molecule has 0 radical (unpaired) electrons. The predicted molar refractivity (Wildman–Crippen MR) is 81.7 cm³/mol. The molecule has 2 rings (SSSR count). The van der Waals surface area contributed by atoms with Crippen molar-refractivity contribution in [1.29, 1.82) is 0 Å². The fraction of sp³-hybridized carbons (Fsp3) is 0.200. The lowest BCUT2D eigenvalue weighted by atomic mass is 10.1. The largest absolute Gasteiger partial charge is 0.377 e. The summed E-state index contributed by atoms with van der Waals surface area (Å²) >= 11 is 7.80. The first-order valence-electron chi connectivity index (χ1n) is 5.87. The van der Waals surface area contributed by atoms with Crippen LogP contribution in [0.3, 0.4) is 0 Å². The molecular weight excluding hydrogens is 262 g/mol. The Morgan fingerprint density at radius 2 is 2.28 bits per heavy atom. The minimum atomic E-state index is 0.264. The van der Waals surface area contributed by atoms with E-state index < -0.39 is 0 Å². The number of rotatable bonds is 5. The van der Waals surface area contributed by atoms with Gasteiger partial charge in [-0.25, -0.2) is 0 Å². The van der Waals surface area contributed by atoms with E-state index in [9.17, 15) is 0 Å². The molecule has 2 aromatic rings. The maximum absolute atomic E-state index is 6.04. The first-order chi connectivity index (χ1) is 8.70. The van der Waals surface area contributed by atoms with Gasteiger partial charge in [0, 0.05) is 15.6 Å². The third kappa shape index (κ3) is 3.15. The van der Waals surface area contributed by atoms with Crippen LogP contribution in [-0.2, 0) is 0 Å². The van der Waals surface area contributed by atoms with E-state index in [1.54, 1.807) is 11.3 Å². The summed E-state index contributed by atoms with van der Waals surface area (Å²) in [6, 6.07) is 10.4. The van der Waals surface area contributed by atoms with Gasteiger partial charge in [-0.2, -0.15) is 0 Å². The average molecular weight is 278 g/mol. The molecule has 94 valence electrons. The number of halogens is 1. The Kier molecular flexibility index (Phi) is 4.45. The summed E-state index contributed by atoms with van der Waals surface area (Å²) in [5.74, 6) is 0. The molecule has 1 heterocycles. The van der Waals surface area contributed by atoms with E-state index in [2.05, 4.69) is 36.3 Å². The Labute approximate surface area is 117 Å². The van der Waals surface area contributed by atoms with Crippen LogP contribution in [0.25, 0.3) is 0 Å². The standard InChI is InChI=1S/C15H16ClNS/c1-3-5-13(15-6-4-9-18-15)17-14-10-12(16)8-7-11(14)2/h3-4,6-10,13,17H,1,5H2,2H3. The van der Waals surface area contributed by atoms with E-state index in [1.165, 1.54) is 10.4 Å². The first-order valence-corrected chi connectivity index (χ1v) is 7.13. The maximum Gasteiger partial charge on any atom is 0.0640 e. The molecule has 3 heteroatoms. The molecule has 1 aromatic carbocycles. The second-order valence-electron chi connectivity index (χ2n) is 4.20. The van der Waals surface area contributed by atoms with E-state index in [0.717, 1.165) is 17.1 Å². The van der Waals surface area contributed by atoms with Gasteiger partial charge in [-0.15, -0.1) is 17.9 Å². The molecule has 0 fully saturated rings. The number of hydrogen-bond donors (Lipinski definition) is 1. The van der Waals surface area contributed by atoms with Gasteiger partial charge in [0.15, 0.2) is 0 Å². The summed E-state index contributed by atoms with van der Waals surface area (Å²) in [5.41, 5.74) is 2.28. The van der Waals surface area contributed by atoms with Crippen molar-refractivity contribution in [2.45, 2.75) is 19.4 Å². The van der Waals surface area contributed by atoms with Crippen LogP contribution in [0.15, 0.2) is 48.4 Å². The summed E-state index contributed by atoms with van der Waals surface area (Å²) in [5, 5.41) is 6.40. The summed E-state index contributed by atoms with van der Waals surface area (Å²) in [4.78, 5) is 1.31. The van der Waals surface area contributed by atoms with Crippen LogP contribution in [-0.4, -0.2) is 0 Å². The second kappa shape index (κ2) is 6.07. The maximum atomic E-state index is 6.04. The summed E-state index contributed by atoms with van der Waals surface area (Å²) in [7, 11) is 0. The Morgan fingerprint density at radius 3 is 2.94 bits per heavy atom. The SMILES string of the molecule is C=CCC(Nc1cc(Cl)ccc1C)c1cccs1. The Balaban J connectivity index is 2.23. The zero-order chi connectivity index (χ0) is 13.0. The molecule has 1 nitrogen and oxygen atoms in total. The monoisotopic (exact) mass is 277 g/mol. The van der Waals surface area contributed by atoms with E-state index in [4.69, 9.17) is 11.6 Å². The van der Waals surface area contributed by atoms with Gasteiger partial charge in [0.25, 0.3) is 0 Å². The molecule has 0 amide bonds. The fourth-order valence-corrected chi connectivity index (χ4v) is 2.80. The van der Waals surface area contributed by atoms with Crippen LogP contribution in [0.4, 0.5) is 5.69 Å². The lowest BCUT2D eigenvalue weighted by Crippen LogP contribution is -2.09. The number of benzene rings is 1. The van der Waals surface area contributed by atoms with Crippen molar-refractivity contribution >= 4 is 28.6 Å². The van der Waals surface area contributed by atoms with Crippen LogP contribution in [0.2, 0.25) is 5.02 Å². The number of nitrogens with one attached hydrogen (secondary N) is 1. The molecule has 0 spiro atoms. The van der Waals surface area contributed by atoms with Gasteiger partial charge in [-0.05, 0) is 42.5 Å². The molecule has 0 saturated heterocycles. The highest BCUT2D eigenvalue weighted by molar-refractivity contribution is 7.10. The summed E-state index contributed by atoms with van der Waals surface area (Å²) in [6.45, 7) is 5.91. The first kappa shape index (κ1) is 13.2. The Bertz CT molecular complexity index is 519. The summed E-state index contributed by atoms with van der Waals surface area (Å²) in [6.07, 6.45) is 2.84. The normalized spacial score (nSPS) is 12.1. The number of anilines is 1. The van der Waals surface area contributed by atoms with Crippen LogP contribution in [0.1, 0.15) is 22.9 Å². The molecule has 0 bridgehead atoms. The molecule has 0 aliphatic heterocycles. The van der Waals surface area contributed by atoms with Crippen molar-refractivity contribution in [3.8, 4) is 0 Å². The summed E-state index contributed by atoms with van der Waals surface area (Å²) < 4.78 is 0. The average Bonchev–Trinajstić information content (AvgIpc) is 2.87. The van der Waals surface area contributed by atoms with E-state index in [0.29, 0.717) is 0 Å². The Morgan fingerprint density at radius 1 is 1.44 bits per heavy atom. The third-order valence-electron chi connectivity index (χ3n) is 2.82. The molecule has 1 N–H and O–H groups in total. The number of hydrogen-bond acceptors (Lipinski definition) is 2. The highest BCUT2D eigenvalue weighted by Crippen LogP contribution is 2.29. The lowest BCUT2D eigenvalue weighted by Gasteiger charge is -2.19. The van der Waals surface area contributed by atoms with Crippen LogP contribution in [0, 0.1) is 6.92 Å². The van der Waals surface area contributed by atoms with Gasteiger partial charge in [-0.1, -0.05) is 29.8 Å². The molecule has 1 unspecified atom stereocenters. The number of thiophene rings is 1. The minimum absolute atomic E-state index is 0.264. The zero-order valence-corrected chi connectivity index (χ0v) is 11.9. The molecule has 0 aliphatic rings. The van der Waals surface area contributed by atoms with Gasteiger partial charge in [0.1, 0.15) is 0 Å². The third-order valence-corrected chi connectivity index (χ3v) is 4.04. The minimum Gasteiger partial charge on any atom is -0.377 e. The van der Waals surface area contributed by atoms with Gasteiger partial charge in [0.05, 0.1) is 6.04 Å². The Hall–Kier alpha value is -1.25. The van der Waals surface area contributed by atoms with Gasteiger partial charge in [0.2, 0.25) is 0 Å². The molecule has 18 heavy (non-hydrogen) atoms. The van der Waals surface area contributed by atoms with Crippen molar-refractivity contribution < 1.29 is 0 Å². The van der Waals surface area contributed by atoms with Gasteiger partial charge in [-0.3, -0.25) is 0 Å². The van der Waals surface area contributed by atoms with Crippen molar-refractivity contribution in [2.75, 3.05) is 5.32 Å². The van der Waals surface area contributed by atoms with Crippen LogP contribution >= 0.6 is 22.9 Å². The fourth-order valence-electron chi connectivity index (χ4n) is 1.84. The van der Waals surface area contributed by atoms with E-state index in [-0.39, 0.29) is 6.04 Å². The quantitative estimate of drug-likeness (QED) is 0.718. The van der Waals surface area contributed by atoms with Crippen molar-refractivity contribution in [3.05, 3.63) is 63.8 Å². The molecule has 1 aromatic heterocycles. The van der Waals surface area contributed by atoms with Crippen molar-refractivity contribution in [1.82, 2.24) is 0 Å². The highest BCUT2D eigenvalue weighted by Gasteiger charge is 2.12. The smallest absolute Gasteiger partial charge is 0.0640 e. The van der Waals surface area contributed by atoms with Crippen molar-refractivity contribution in [2.24, 2.45) is 0 Å². The van der Waals surface area contributed by atoms with Crippen molar-refractivity contribution in [3.63, 3.8) is 0 Å². The second-order valence-corrected chi connectivity index (χ2v) is 5.61. The molecule has 0 aliphatic carbocycles. The van der Waals surface area contributed by atoms with Gasteiger partial charge < -0.3 is 5.32 Å². The lowest BCUT2D eigenvalue weighted by molar-refractivity contribution is 0.815. The topological polar surface area (TPSA) is 12.0 Å². The molecular formula is C15H16ClNS. The van der Waals surface area contributed by atoms with Crippen LogP contribution < -0.4 is 5.32 Å². The zero-order valence-electron chi connectivity index (χ0n) is 10.3. The van der Waals surface area contributed by atoms with Gasteiger partial charge >= 0.3 is 0 Å². The number of aryl methyl sites for hydroxylation is 1. The van der Waals surface area contributed by atoms with E-state index in [1.807, 2.05) is 24.3 Å². The molecule has 1 atom stereocenters. The predicted octanol–water partition coefficient (Wildman–Crippen LogP) is 5.44.